The predicted octanol–water partition coefficient (Wildman–Crippen LogP) is 3.94. The molecule has 3 rings (SSSR count). The van der Waals surface area contributed by atoms with E-state index in [0.29, 0.717) is 5.54 Å². The highest BCUT2D eigenvalue weighted by Crippen LogP contribution is 2.53. The zero-order valence-corrected chi connectivity index (χ0v) is 13.7. The minimum atomic E-state index is 0.335. The van der Waals surface area contributed by atoms with Crippen LogP contribution in [0.5, 0.6) is 0 Å². The zero-order chi connectivity index (χ0) is 14.2. The van der Waals surface area contributed by atoms with Crippen molar-refractivity contribution in [2.24, 2.45) is 17.1 Å². The molecule has 0 amide bonds. The van der Waals surface area contributed by atoms with Crippen LogP contribution in [-0.2, 0) is 0 Å². The molecule has 2 N–H and O–H groups in total. The average molecular weight is 278 g/mol. The molecule has 3 aliphatic rings. The first-order valence-electron chi connectivity index (χ1n) is 9.06. The largest absolute Gasteiger partial charge is 0.329 e. The molecule has 3 fully saturated rings. The molecule has 0 aromatic carbocycles. The Bertz CT molecular complexity index is 322. The normalized spacial score (nSPS) is 37.4. The molecule has 0 aromatic heterocycles. The summed E-state index contributed by atoms with van der Waals surface area (Å²) in [6.45, 7) is 7.01. The maximum atomic E-state index is 6.32. The summed E-state index contributed by atoms with van der Waals surface area (Å²) >= 11 is 0. The molecule has 1 aliphatic heterocycles. The first-order valence-corrected chi connectivity index (χ1v) is 9.06. The van der Waals surface area contributed by atoms with Crippen LogP contribution >= 0.6 is 0 Å². The second-order valence-corrected chi connectivity index (χ2v) is 8.32. The van der Waals surface area contributed by atoms with Crippen molar-refractivity contribution in [2.75, 3.05) is 13.1 Å². The van der Waals surface area contributed by atoms with Crippen LogP contribution in [0.4, 0.5) is 0 Å². The monoisotopic (exact) mass is 278 g/mol. The molecule has 2 atom stereocenters. The SMILES string of the molecule is CC1CCC(C)N(C2(CN)CCC3(CCCC3)CC2)C1. The number of likely N-dealkylation sites (tertiary alicyclic amines) is 1. The van der Waals surface area contributed by atoms with Crippen molar-refractivity contribution in [1.29, 1.82) is 0 Å². The standard InChI is InChI=1S/C18H34N2/c1-15-5-6-16(2)20(13-15)18(14-19)11-9-17(10-12-18)7-3-4-8-17/h15-16H,3-14,19H2,1-2H3. The van der Waals surface area contributed by atoms with Crippen molar-refractivity contribution in [3.63, 3.8) is 0 Å². The maximum Gasteiger partial charge on any atom is 0.0335 e. The Labute approximate surface area is 125 Å². The van der Waals surface area contributed by atoms with Crippen molar-refractivity contribution >= 4 is 0 Å². The molecule has 2 saturated carbocycles. The first kappa shape index (κ1) is 14.8. The summed E-state index contributed by atoms with van der Waals surface area (Å²) in [5.74, 6) is 0.858. The van der Waals surface area contributed by atoms with E-state index in [9.17, 15) is 0 Å². The smallest absolute Gasteiger partial charge is 0.0335 e. The van der Waals surface area contributed by atoms with Gasteiger partial charge in [0.2, 0.25) is 0 Å². The number of piperidine rings is 1. The summed E-state index contributed by atoms with van der Waals surface area (Å²) in [6.07, 6.45) is 14.3. The third kappa shape index (κ3) is 2.54. The average Bonchev–Trinajstić information content (AvgIpc) is 2.92. The highest BCUT2D eigenvalue weighted by molar-refractivity contribution is 5.03. The van der Waals surface area contributed by atoms with E-state index in [1.54, 1.807) is 0 Å². The Morgan fingerprint density at radius 1 is 0.950 bits per heavy atom. The highest BCUT2D eigenvalue weighted by Gasteiger charge is 2.47. The lowest BCUT2D eigenvalue weighted by atomic mass is 9.65. The Morgan fingerprint density at radius 2 is 1.60 bits per heavy atom. The Balaban J connectivity index is 1.72. The molecule has 2 unspecified atom stereocenters. The predicted molar refractivity (Wildman–Crippen MR) is 85.7 cm³/mol. The van der Waals surface area contributed by atoms with Crippen LogP contribution in [0.25, 0.3) is 0 Å². The van der Waals surface area contributed by atoms with E-state index in [-0.39, 0.29) is 0 Å². The topological polar surface area (TPSA) is 29.3 Å². The third-order valence-electron chi connectivity index (χ3n) is 7.01. The number of hydrogen-bond acceptors (Lipinski definition) is 2. The molecule has 1 saturated heterocycles. The lowest BCUT2D eigenvalue weighted by Gasteiger charge is -2.55. The van der Waals surface area contributed by atoms with Crippen LogP contribution in [-0.4, -0.2) is 29.6 Å². The minimum absolute atomic E-state index is 0.335. The van der Waals surface area contributed by atoms with Crippen molar-refractivity contribution in [3.8, 4) is 0 Å². The minimum Gasteiger partial charge on any atom is -0.329 e. The molecule has 2 nitrogen and oxygen atoms in total. The van der Waals surface area contributed by atoms with Crippen LogP contribution in [0.2, 0.25) is 0 Å². The van der Waals surface area contributed by atoms with Gasteiger partial charge in [0.1, 0.15) is 0 Å². The van der Waals surface area contributed by atoms with Crippen LogP contribution in [0.3, 0.4) is 0 Å². The van der Waals surface area contributed by atoms with E-state index < -0.39 is 0 Å². The summed E-state index contributed by atoms with van der Waals surface area (Å²) in [6, 6.07) is 0.743. The third-order valence-corrected chi connectivity index (χ3v) is 7.01. The summed E-state index contributed by atoms with van der Waals surface area (Å²) in [5, 5.41) is 0. The molecule has 20 heavy (non-hydrogen) atoms. The maximum absolute atomic E-state index is 6.32. The van der Waals surface area contributed by atoms with Gasteiger partial charge in [-0.3, -0.25) is 4.90 Å². The molecular weight excluding hydrogens is 244 g/mol. The van der Waals surface area contributed by atoms with Gasteiger partial charge in [-0.15, -0.1) is 0 Å². The van der Waals surface area contributed by atoms with Gasteiger partial charge in [-0.2, -0.15) is 0 Å². The van der Waals surface area contributed by atoms with E-state index in [2.05, 4.69) is 18.7 Å². The van der Waals surface area contributed by atoms with E-state index in [1.165, 1.54) is 70.8 Å². The van der Waals surface area contributed by atoms with Crippen LogP contribution in [0.1, 0.15) is 78.1 Å². The van der Waals surface area contributed by atoms with E-state index in [0.717, 1.165) is 23.9 Å². The second-order valence-electron chi connectivity index (χ2n) is 8.32. The molecule has 0 radical (unpaired) electrons. The van der Waals surface area contributed by atoms with Gasteiger partial charge in [0.05, 0.1) is 0 Å². The van der Waals surface area contributed by atoms with Gasteiger partial charge in [-0.05, 0) is 69.6 Å². The quantitative estimate of drug-likeness (QED) is 0.829. The Morgan fingerprint density at radius 3 is 2.20 bits per heavy atom. The first-order chi connectivity index (χ1) is 9.59. The number of nitrogens with zero attached hydrogens (tertiary/aromatic N) is 1. The number of rotatable bonds is 2. The van der Waals surface area contributed by atoms with E-state index >= 15 is 0 Å². The van der Waals surface area contributed by atoms with Gasteiger partial charge in [0.15, 0.2) is 0 Å². The van der Waals surface area contributed by atoms with Gasteiger partial charge in [0, 0.05) is 24.7 Å². The van der Waals surface area contributed by atoms with Crippen LogP contribution in [0.15, 0.2) is 0 Å². The van der Waals surface area contributed by atoms with Gasteiger partial charge in [-0.1, -0.05) is 19.8 Å². The van der Waals surface area contributed by atoms with Crippen molar-refractivity contribution in [2.45, 2.75) is 89.6 Å². The molecule has 1 spiro atoms. The van der Waals surface area contributed by atoms with Crippen molar-refractivity contribution in [3.05, 3.63) is 0 Å². The van der Waals surface area contributed by atoms with Crippen LogP contribution in [0, 0.1) is 11.3 Å². The molecule has 1 heterocycles. The van der Waals surface area contributed by atoms with E-state index in [4.69, 9.17) is 5.73 Å². The fraction of sp³-hybridized carbons (Fsp3) is 1.00. The second kappa shape index (κ2) is 5.61. The fourth-order valence-electron chi connectivity index (χ4n) is 5.43. The van der Waals surface area contributed by atoms with Gasteiger partial charge in [0.25, 0.3) is 0 Å². The van der Waals surface area contributed by atoms with Crippen molar-refractivity contribution in [1.82, 2.24) is 4.90 Å². The lowest BCUT2D eigenvalue weighted by molar-refractivity contribution is -0.0365. The zero-order valence-electron chi connectivity index (χ0n) is 13.7. The molecular formula is C18H34N2. The molecule has 0 aromatic rings. The Hall–Kier alpha value is -0.0800. The van der Waals surface area contributed by atoms with Crippen molar-refractivity contribution < 1.29 is 0 Å². The summed E-state index contributed by atoms with van der Waals surface area (Å²) < 4.78 is 0. The van der Waals surface area contributed by atoms with Crippen LogP contribution < -0.4 is 5.73 Å². The summed E-state index contributed by atoms with van der Waals surface area (Å²) in [5.41, 5.74) is 7.38. The van der Waals surface area contributed by atoms with Gasteiger partial charge < -0.3 is 5.73 Å². The number of nitrogens with two attached hydrogens (primary N) is 1. The fourth-order valence-corrected chi connectivity index (χ4v) is 5.43. The summed E-state index contributed by atoms with van der Waals surface area (Å²) in [7, 11) is 0. The Kier molecular flexibility index (Phi) is 4.16. The number of hydrogen-bond donors (Lipinski definition) is 1. The van der Waals surface area contributed by atoms with Gasteiger partial charge >= 0.3 is 0 Å². The van der Waals surface area contributed by atoms with Gasteiger partial charge in [-0.25, -0.2) is 0 Å². The molecule has 2 heteroatoms. The lowest BCUT2D eigenvalue weighted by Crippen LogP contribution is -2.61. The summed E-state index contributed by atoms with van der Waals surface area (Å²) in [4.78, 5) is 2.82. The van der Waals surface area contributed by atoms with E-state index in [1.807, 2.05) is 0 Å². The molecule has 2 aliphatic carbocycles. The highest BCUT2D eigenvalue weighted by atomic mass is 15.2. The molecule has 116 valence electrons. The molecule has 0 bridgehead atoms.